The topological polar surface area (TPSA) is 38.0 Å². The van der Waals surface area contributed by atoms with E-state index in [0.717, 1.165) is 0 Å². The first-order valence-corrected chi connectivity index (χ1v) is 3.90. The van der Waals surface area contributed by atoms with Gasteiger partial charge >= 0.3 is 0 Å². The van der Waals surface area contributed by atoms with E-state index in [2.05, 4.69) is 17.5 Å². The lowest BCUT2D eigenvalue weighted by Crippen LogP contribution is -2.19. The minimum atomic E-state index is -0.438. The summed E-state index contributed by atoms with van der Waals surface area (Å²) < 4.78 is 12.9. The standard InChI is InChI=1S/C7H6ClFN2S/c8-4-1-2-5(9)6(3-4)11-7(10)12/h1-3H,(H3,10,11,12). The molecule has 0 aromatic heterocycles. The summed E-state index contributed by atoms with van der Waals surface area (Å²) in [5.41, 5.74) is 5.34. The van der Waals surface area contributed by atoms with Crippen molar-refractivity contribution in [1.82, 2.24) is 0 Å². The number of halogens is 2. The van der Waals surface area contributed by atoms with Crippen molar-refractivity contribution in [3.8, 4) is 0 Å². The molecule has 0 radical (unpaired) electrons. The zero-order valence-corrected chi connectivity index (χ0v) is 7.55. The highest BCUT2D eigenvalue weighted by molar-refractivity contribution is 7.80. The molecule has 12 heavy (non-hydrogen) atoms. The molecule has 5 heteroatoms. The summed E-state index contributed by atoms with van der Waals surface area (Å²) in [5.74, 6) is -0.438. The monoisotopic (exact) mass is 204 g/mol. The number of anilines is 1. The van der Waals surface area contributed by atoms with Crippen LogP contribution in [0.25, 0.3) is 0 Å². The Balaban J connectivity index is 2.97. The van der Waals surface area contributed by atoms with Gasteiger partial charge in [-0.2, -0.15) is 0 Å². The molecule has 1 aromatic carbocycles. The van der Waals surface area contributed by atoms with Crippen molar-refractivity contribution < 1.29 is 4.39 Å². The fraction of sp³-hybridized carbons (Fsp3) is 0. The lowest BCUT2D eigenvalue weighted by Gasteiger charge is -2.04. The summed E-state index contributed by atoms with van der Waals surface area (Å²) in [6.07, 6.45) is 0. The van der Waals surface area contributed by atoms with Gasteiger partial charge in [-0.25, -0.2) is 4.39 Å². The van der Waals surface area contributed by atoms with Gasteiger partial charge in [0, 0.05) is 5.02 Å². The molecule has 0 unspecified atom stereocenters. The Kier molecular flexibility index (Phi) is 2.83. The van der Waals surface area contributed by atoms with Crippen LogP contribution in [-0.4, -0.2) is 5.11 Å². The highest BCUT2D eigenvalue weighted by atomic mass is 35.5. The summed E-state index contributed by atoms with van der Waals surface area (Å²) >= 11 is 10.1. The highest BCUT2D eigenvalue weighted by Crippen LogP contribution is 2.18. The van der Waals surface area contributed by atoms with Gasteiger partial charge < -0.3 is 11.1 Å². The number of hydrogen-bond donors (Lipinski definition) is 2. The summed E-state index contributed by atoms with van der Waals surface area (Å²) in [5, 5.41) is 2.90. The van der Waals surface area contributed by atoms with Crippen LogP contribution in [0.5, 0.6) is 0 Å². The second-order valence-corrected chi connectivity index (χ2v) is 2.99. The first kappa shape index (κ1) is 9.22. The maximum atomic E-state index is 12.9. The number of nitrogens with two attached hydrogens (primary N) is 1. The summed E-state index contributed by atoms with van der Waals surface area (Å²) in [4.78, 5) is 0. The Bertz CT molecular complexity index is 316. The number of thiocarbonyl (C=S) groups is 1. The quantitative estimate of drug-likeness (QED) is 0.689. The van der Waals surface area contributed by atoms with Crippen molar-refractivity contribution in [3.05, 3.63) is 29.0 Å². The second-order valence-electron chi connectivity index (χ2n) is 2.11. The van der Waals surface area contributed by atoms with Crippen molar-refractivity contribution in [2.24, 2.45) is 5.73 Å². The first-order valence-electron chi connectivity index (χ1n) is 3.11. The van der Waals surface area contributed by atoms with Crippen LogP contribution in [0.2, 0.25) is 5.02 Å². The van der Waals surface area contributed by atoms with Crippen LogP contribution in [0.4, 0.5) is 10.1 Å². The zero-order valence-electron chi connectivity index (χ0n) is 5.97. The van der Waals surface area contributed by atoms with E-state index in [9.17, 15) is 4.39 Å². The molecule has 2 nitrogen and oxygen atoms in total. The molecule has 1 aromatic rings. The van der Waals surface area contributed by atoms with E-state index in [1.165, 1.54) is 18.2 Å². The van der Waals surface area contributed by atoms with E-state index in [1.807, 2.05) is 0 Å². The number of nitrogens with one attached hydrogen (secondary N) is 1. The molecule has 0 aliphatic heterocycles. The summed E-state index contributed by atoms with van der Waals surface area (Å²) in [7, 11) is 0. The number of benzene rings is 1. The Morgan fingerprint density at radius 1 is 1.58 bits per heavy atom. The fourth-order valence-electron chi connectivity index (χ4n) is 0.726. The third-order valence-electron chi connectivity index (χ3n) is 1.19. The van der Waals surface area contributed by atoms with Crippen molar-refractivity contribution in [3.63, 3.8) is 0 Å². The van der Waals surface area contributed by atoms with E-state index >= 15 is 0 Å². The molecule has 1 rings (SSSR count). The van der Waals surface area contributed by atoms with Gasteiger partial charge in [-0.3, -0.25) is 0 Å². The molecule has 3 N–H and O–H groups in total. The van der Waals surface area contributed by atoms with Gasteiger partial charge in [0.25, 0.3) is 0 Å². The molecule has 64 valence electrons. The fourth-order valence-corrected chi connectivity index (χ4v) is 1.01. The molecule has 0 aliphatic rings. The van der Waals surface area contributed by atoms with Crippen LogP contribution in [0, 0.1) is 5.82 Å². The van der Waals surface area contributed by atoms with Crippen LogP contribution in [0.3, 0.4) is 0 Å². The van der Waals surface area contributed by atoms with Gasteiger partial charge in [-0.1, -0.05) is 11.6 Å². The Morgan fingerprint density at radius 2 is 2.25 bits per heavy atom. The smallest absolute Gasteiger partial charge is 0.168 e. The second kappa shape index (κ2) is 3.69. The molecule has 0 amide bonds. The zero-order chi connectivity index (χ0) is 9.14. The van der Waals surface area contributed by atoms with E-state index in [-0.39, 0.29) is 10.8 Å². The maximum absolute atomic E-state index is 12.9. The van der Waals surface area contributed by atoms with Crippen molar-refractivity contribution in [2.45, 2.75) is 0 Å². The molecule has 0 spiro atoms. The Labute approximate surface area is 79.5 Å². The third kappa shape index (κ3) is 2.32. The molecule has 0 atom stereocenters. The first-order chi connectivity index (χ1) is 5.59. The molecule has 0 heterocycles. The molecule has 0 saturated heterocycles. The van der Waals surface area contributed by atoms with E-state index in [1.54, 1.807) is 0 Å². The minimum absolute atomic E-state index is 0.0103. The highest BCUT2D eigenvalue weighted by Gasteiger charge is 2.02. The van der Waals surface area contributed by atoms with E-state index in [4.69, 9.17) is 17.3 Å². The Morgan fingerprint density at radius 3 is 2.83 bits per heavy atom. The predicted octanol–water partition coefficient (Wildman–Crippen LogP) is 2.13. The van der Waals surface area contributed by atoms with Crippen molar-refractivity contribution in [1.29, 1.82) is 0 Å². The number of rotatable bonds is 1. The molecular weight excluding hydrogens is 199 g/mol. The van der Waals surface area contributed by atoms with Crippen LogP contribution < -0.4 is 11.1 Å². The van der Waals surface area contributed by atoms with Gasteiger partial charge in [-0.05, 0) is 30.4 Å². The van der Waals surface area contributed by atoms with Crippen LogP contribution in [-0.2, 0) is 0 Å². The number of hydrogen-bond acceptors (Lipinski definition) is 1. The van der Waals surface area contributed by atoms with Gasteiger partial charge in [0.05, 0.1) is 5.69 Å². The summed E-state index contributed by atoms with van der Waals surface area (Å²) in [6.45, 7) is 0. The van der Waals surface area contributed by atoms with Gasteiger partial charge in [0.2, 0.25) is 0 Å². The molecule has 0 bridgehead atoms. The Hall–Kier alpha value is -0.870. The van der Waals surface area contributed by atoms with Crippen LogP contribution in [0.15, 0.2) is 18.2 Å². The molecule has 0 saturated carbocycles. The van der Waals surface area contributed by atoms with Crippen molar-refractivity contribution >= 4 is 34.6 Å². The maximum Gasteiger partial charge on any atom is 0.168 e. The lowest BCUT2D eigenvalue weighted by atomic mass is 10.3. The normalized spacial score (nSPS) is 9.50. The predicted molar refractivity (Wildman–Crippen MR) is 51.8 cm³/mol. The van der Waals surface area contributed by atoms with Gasteiger partial charge in [-0.15, -0.1) is 0 Å². The lowest BCUT2D eigenvalue weighted by molar-refractivity contribution is 0.632. The molecular formula is C7H6ClFN2S. The average molecular weight is 205 g/mol. The van der Waals surface area contributed by atoms with Crippen molar-refractivity contribution in [2.75, 3.05) is 5.32 Å². The van der Waals surface area contributed by atoms with Gasteiger partial charge in [0.1, 0.15) is 5.82 Å². The SMILES string of the molecule is NC(=S)Nc1cc(Cl)ccc1F. The third-order valence-corrected chi connectivity index (χ3v) is 1.52. The van der Waals surface area contributed by atoms with Crippen LogP contribution >= 0.6 is 23.8 Å². The molecule has 0 fully saturated rings. The van der Waals surface area contributed by atoms with E-state index in [0.29, 0.717) is 5.02 Å². The average Bonchev–Trinajstić information content (AvgIpc) is 1.96. The minimum Gasteiger partial charge on any atom is -0.376 e. The van der Waals surface area contributed by atoms with E-state index < -0.39 is 5.82 Å². The molecule has 0 aliphatic carbocycles. The van der Waals surface area contributed by atoms with Gasteiger partial charge in [0.15, 0.2) is 5.11 Å². The summed E-state index contributed by atoms with van der Waals surface area (Å²) in [6, 6.07) is 4.10. The largest absolute Gasteiger partial charge is 0.376 e. The van der Waals surface area contributed by atoms with Crippen LogP contribution in [0.1, 0.15) is 0 Å².